The monoisotopic (exact) mass is 261 g/mol. The summed E-state index contributed by atoms with van der Waals surface area (Å²) in [5, 5.41) is 3.24. The van der Waals surface area contributed by atoms with Crippen molar-refractivity contribution in [3.8, 4) is 0 Å². The van der Waals surface area contributed by atoms with Gasteiger partial charge in [0.1, 0.15) is 0 Å². The summed E-state index contributed by atoms with van der Waals surface area (Å²) in [5.74, 6) is -1.86. The first-order valence-electron chi connectivity index (χ1n) is 4.47. The second-order valence-electron chi connectivity index (χ2n) is 3.26. The number of carbonyl (C=O) groups excluding carboxylic acids is 1. The molecule has 1 aromatic rings. The van der Waals surface area contributed by atoms with E-state index in [1.807, 2.05) is 0 Å². The normalized spacial score (nSPS) is 17.1. The molecule has 4 nitrogen and oxygen atoms in total. The number of methoxy groups -OCH3 is 2. The molecule has 1 aliphatic heterocycles. The minimum atomic E-state index is -1.44. The number of anilines is 1. The van der Waals surface area contributed by atoms with Crippen molar-refractivity contribution in [2.75, 3.05) is 19.5 Å². The van der Waals surface area contributed by atoms with E-state index >= 15 is 0 Å². The van der Waals surface area contributed by atoms with Crippen LogP contribution in [0.2, 0.25) is 10.0 Å². The summed E-state index contributed by atoms with van der Waals surface area (Å²) >= 11 is 11.8. The van der Waals surface area contributed by atoms with Crippen molar-refractivity contribution in [3.63, 3.8) is 0 Å². The van der Waals surface area contributed by atoms with E-state index in [2.05, 4.69) is 5.32 Å². The van der Waals surface area contributed by atoms with Crippen LogP contribution in [0.15, 0.2) is 12.1 Å². The van der Waals surface area contributed by atoms with Crippen LogP contribution in [0.4, 0.5) is 5.69 Å². The number of hydrogen-bond acceptors (Lipinski definition) is 3. The van der Waals surface area contributed by atoms with Crippen LogP contribution in [0.25, 0.3) is 0 Å². The Kier molecular flexibility index (Phi) is 2.84. The molecule has 6 heteroatoms. The van der Waals surface area contributed by atoms with Crippen molar-refractivity contribution in [1.82, 2.24) is 0 Å². The van der Waals surface area contributed by atoms with Gasteiger partial charge in [-0.2, -0.15) is 0 Å². The number of halogens is 2. The second-order valence-corrected chi connectivity index (χ2v) is 4.05. The molecule has 0 fully saturated rings. The summed E-state index contributed by atoms with van der Waals surface area (Å²) in [6, 6.07) is 3.24. The quantitative estimate of drug-likeness (QED) is 0.832. The molecule has 1 aliphatic rings. The fraction of sp³-hybridized carbons (Fsp3) is 0.300. The third-order valence-electron chi connectivity index (χ3n) is 2.56. The van der Waals surface area contributed by atoms with Crippen molar-refractivity contribution in [2.45, 2.75) is 5.79 Å². The maximum atomic E-state index is 11.8. The van der Waals surface area contributed by atoms with E-state index in [1.165, 1.54) is 14.2 Å². The lowest BCUT2D eigenvalue weighted by molar-refractivity contribution is -0.207. The summed E-state index contributed by atoms with van der Waals surface area (Å²) in [4.78, 5) is 11.8. The molecule has 0 radical (unpaired) electrons. The molecule has 1 aromatic carbocycles. The first-order chi connectivity index (χ1) is 7.56. The average Bonchev–Trinajstić information content (AvgIpc) is 2.57. The molecule has 0 atom stereocenters. The number of rotatable bonds is 2. The van der Waals surface area contributed by atoms with Gasteiger partial charge in [-0.3, -0.25) is 4.79 Å². The third kappa shape index (κ3) is 1.34. The fourth-order valence-corrected chi connectivity index (χ4v) is 2.12. The number of hydrogen-bond donors (Lipinski definition) is 1. The summed E-state index contributed by atoms with van der Waals surface area (Å²) in [6.07, 6.45) is 0. The molecule has 1 amide bonds. The lowest BCUT2D eigenvalue weighted by Crippen LogP contribution is -2.38. The molecule has 0 bridgehead atoms. The Bertz CT molecular complexity index is 458. The van der Waals surface area contributed by atoms with Crippen molar-refractivity contribution in [1.29, 1.82) is 0 Å². The van der Waals surface area contributed by atoms with Crippen molar-refractivity contribution >= 4 is 34.8 Å². The zero-order valence-corrected chi connectivity index (χ0v) is 10.1. The maximum Gasteiger partial charge on any atom is 0.289 e. The fourth-order valence-electron chi connectivity index (χ4n) is 1.75. The number of nitrogens with one attached hydrogen (secondary N) is 1. The first kappa shape index (κ1) is 11.7. The number of benzene rings is 1. The van der Waals surface area contributed by atoms with Crippen LogP contribution in [-0.2, 0) is 20.1 Å². The van der Waals surface area contributed by atoms with Gasteiger partial charge in [-0.25, -0.2) is 0 Å². The van der Waals surface area contributed by atoms with E-state index < -0.39 is 11.7 Å². The first-order valence-corrected chi connectivity index (χ1v) is 5.22. The molecule has 0 aromatic heterocycles. The summed E-state index contributed by atoms with van der Waals surface area (Å²) < 4.78 is 10.3. The van der Waals surface area contributed by atoms with Gasteiger partial charge in [0.2, 0.25) is 0 Å². The van der Waals surface area contributed by atoms with Crippen LogP contribution in [0.3, 0.4) is 0 Å². The molecule has 0 aliphatic carbocycles. The Balaban J connectivity index is 2.67. The van der Waals surface area contributed by atoms with E-state index in [0.717, 1.165) is 0 Å². The van der Waals surface area contributed by atoms with Crippen LogP contribution >= 0.6 is 23.2 Å². The predicted octanol–water partition coefficient (Wildman–Crippen LogP) is 2.39. The van der Waals surface area contributed by atoms with E-state index in [1.54, 1.807) is 12.1 Å². The van der Waals surface area contributed by atoms with E-state index in [9.17, 15) is 4.79 Å². The van der Waals surface area contributed by atoms with Crippen LogP contribution in [-0.4, -0.2) is 20.1 Å². The molecule has 0 saturated heterocycles. The minimum absolute atomic E-state index is 0.281. The van der Waals surface area contributed by atoms with E-state index in [4.69, 9.17) is 32.7 Å². The SMILES string of the molecule is COC1(OC)C(=O)Nc2c1ccc(Cl)c2Cl. The van der Waals surface area contributed by atoms with Crippen LogP contribution in [0.1, 0.15) is 5.56 Å². The van der Waals surface area contributed by atoms with Crippen LogP contribution < -0.4 is 5.32 Å². The molecular weight excluding hydrogens is 253 g/mol. The highest BCUT2D eigenvalue weighted by atomic mass is 35.5. The topological polar surface area (TPSA) is 47.6 Å². The number of ether oxygens (including phenoxy) is 2. The Morgan fingerprint density at radius 1 is 1.25 bits per heavy atom. The largest absolute Gasteiger partial charge is 0.342 e. The molecule has 1 N–H and O–H groups in total. The minimum Gasteiger partial charge on any atom is -0.342 e. The summed E-state index contributed by atoms with van der Waals surface area (Å²) in [7, 11) is 2.78. The highest BCUT2D eigenvalue weighted by Crippen LogP contribution is 2.45. The van der Waals surface area contributed by atoms with Gasteiger partial charge >= 0.3 is 0 Å². The van der Waals surface area contributed by atoms with Crippen molar-refractivity contribution in [3.05, 3.63) is 27.7 Å². The second kappa shape index (κ2) is 3.89. The summed E-state index contributed by atoms with van der Waals surface area (Å²) in [6.45, 7) is 0. The van der Waals surface area contributed by atoms with Gasteiger partial charge in [-0.05, 0) is 12.1 Å². The smallest absolute Gasteiger partial charge is 0.289 e. The van der Waals surface area contributed by atoms with Gasteiger partial charge in [0, 0.05) is 19.8 Å². The molecule has 0 unspecified atom stereocenters. The average molecular weight is 262 g/mol. The molecule has 2 rings (SSSR count). The molecular formula is C10H9Cl2NO3. The Morgan fingerprint density at radius 2 is 1.88 bits per heavy atom. The van der Waals surface area contributed by atoms with Gasteiger partial charge in [-0.1, -0.05) is 23.2 Å². The van der Waals surface area contributed by atoms with Gasteiger partial charge in [0.15, 0.2) is 0 Å². The summed E-state index contributed by atoms with van der Waals surface area (Å²) in [5.41, 5.74) is 0.958. The standard InChI is InChI=1S/C10H9Cl2NO3/c1-15-10(16-2)5-3-4-6(11)7(12)8(5)13-9(10)14/h3-4H,1-2H3,(H,13,14). The van der Waals surface area contributed by atoms with Gasteiger partial charge in [-0.15, -0.1) is 0 Å². The maximum absolute atomic E-state index is 11.8. The molecule has 1 heterocycles. The lowest BCUT2D eigenvalue weighted by atomic mass is 10.1. The Labute approximate surface area is 102 Å². The zero-order chi connectivity index (χ0) is 11.9. The van der Waals surface area contributed by atoms with E-state index in [-0.39, 0.29) is 5.02 Å². The molecule has 86 valence electrons. The zero-order valence-electron chi connectivity index (χ0n) is 8.64. The number of carbonyl (C=O) groups is 1. The molecule has 16 heavy (non-hydrogen) atoms. The van der Waals surface area contributed by atoms with E-state index in [0.29, 0.717) is 16.3 Å². The molecule has 0 saturated carbocycles. The van der Waals surface area contributed by atoms with Crippen molar-refractivity contribution < 1.29 is 14.3 Å². The highest BCUT2D eigenvalue weighted by Gasteiger charge is 2.49. The molecule has 0 spiro atoms. The number of fused-ring (bicyclic) bond motifs is 1. The van der Waals surface area contributed by atoms with Gasteiger partial charge < -0.3 is 14.8 Å². The van der Waals surface area contributed by atoms with Crippen LogP contribution in [0, 0.1) is 0 Å². The van der Waals surface area contributed by atoms with Crippen LogP contribution in [0.5, 0.6) is 0 Å². The van der Waals surface area contributed by atoms with Gasteiger partial charge in [0.05, 0.1) is 15.7 Å². The van der Waals surface area contributed by atoms with Crippen molar-refractivity contribution in [2.24, 2.45) is 0 Å². The highest BCUT2D eigenvalue weighted by molar-refractivity contribution is 6.44. The third-order valence-corrected chi connectivity index (χ3v) is 3.37. The predicted molar refractivity (Wildman–Crippen MR) is 60.8 cm³/mol. The number of amides is 1. The van der Waals surface area contributed by atoms with Gasteiger partial charge in [0.25, 0.3) is 11.7 Å². The Hall–Kier alpha value is -0.810. The Morgan fingerprint density at radius 3 is 2.44 bits per heavy atom. The lowest BCUT2D eigenvalue weighted by Gasteiger charge is -2.23.